The Labute approximate surface area is 97.6 Å². The maximum atomic E-state index is 11.7. The molecule has 1 aromatic heterocycles. The van der Waals surface area contributed by atoms with E-state index in [9.17, 15) is 9.59 Å². The van der Waals surface area contributed by atoms with E-state index in [0.717, 1.165) is 6.42 Å². The predicted octanol–water partition coefficient (Wildman–Crippen LogP) is 0.897. The molecule has 1 amide bonds. The van der Waals surface area contributed by atoms with E-state index < -0.39 is 12.1 Å². The second-order valence-electron chi connectivity index (χ2n) is 3.70. The molecule has 1 aliphatic heterocycles. The van der Waals surface area contributed by atoms with Crippen molar-refractivity contribution in [3.63, 3.8) is 0 Å². The third-order valence-corrected chi connectivity index (χ3v) is 2.49. The van der Waals surface area contributed by atoms with Gasteiger partial charge in [-0.15, -0.1) is 0 Å². The minimum Gasteiger partial charge on any atom is -0.476 e. The zero-order chi connectivity index (χ0) is 12.3. The Hall–Kier alpha value is -1.95. The molecular formula is C11H12N2O4. The molecule has 0 aromatic carbocycles. The topological polar surface area (TPSA) is 88.5 Å². The van der Waals surface area contributed by atoms with Crippen LogP contribution in [0, 0.1) is 0 Å². The van der Waals surface area contributed by atoms with Crippen molar-refractivity contribution in [3.05, 3.63) is 24.0 Å². The summed E-state index contributed by atoms with van der Waals surface area (Å²) < 4.78 is 5.21. The normalized spacial score (nSPS) is 18.9. The molecule has 0 bridgehead atoms. The van der Waals surface area contributed by atoms with Crippen molar-refractivity contribution in [2.75, 3.05) is 11.9 Å². The molecule has 90 valence electrons. The van der Waals surface area contributed by atoms with E-state index >= 15 is 0 Å². The lowest BCUT2D eigenvalue weighted by molar-refractivity contribution is -0.124. The lowest BCUT2D eigenvalue weighted by Crippen LogP contribution is -2.27. The van der Waals surface area contributed by atoms with Gasteiger partial charge in [0.1, 0.15) is 6.10 Å². The van der Waals surface area contributed by atoms with Gasteiger partial charge in [-0.1, -0.05) is 0 Å². The van der Waals surface area contributed by atoms with E-state index in [0.29, 0.717) is 13.0 Å². The molecular weight excluding hydrogens is 224 g/mol. The number of aromatic nitrogens is 1. The van der Waals surface area contributed by atoms with E-state index in [4.69, 9.17) is 9.84 Å². The van der Waals surface area contributed by atoms with Gasteiger partial charge in [0, 0.05) is 12.8 Å². The van der Waals surface area contributed by atoms with Crippen LogP contribution in [0.2, 0.25) is 0 Å². The molecule has 2 rings (SSSR count). The molecule has 1 fully saturated rings. The summed E-state index contributed by atoms with van der Waals surface area (Å²) in [7, 11) is 0. The Morgan fingerprint density at radius 1 is 1.53 bits per heavy atom. The Morgan fingerprint density at radius 3 is 3.00 bits per heavy atom. The Kier molecular flexibility index (Phi) is 3.34. The standard InChI is InChI=1S/C11H12N2O4/c14-10(8-4-2-6-17-8)13-7-3-1-5-12-9(7)11(15)16/h1,3,5,8H,2,4,6H2,(H,13,14)(H,15,16)/t8-/m0/s1. The van der Waals surface area contributed by atoms with Crippen LogP contribution in [0.3, 0.4) is 0 Å². The van der Waals surface area contributed by atoms with Crippen molar-refractivity contribution >= 4 is 17.6 Å². The first-order chi connectivity index (χ1) is 8.18. The highest BCUT2D eigenvalue weighted by Gasteiger charge is 2.24. The first kappa shape index (κ1) is 11.5. The number of amides is 1. The lowest BCUT2D eigenvalue weighted by atomic mass is 10.2. The summed E-state index contributed by atoms with van der Waals surface area (Å²) in [6.45, 7) is 0.566. The van der Waals surface area contributed by atoms with Gasteiger partial charge in [-0.05, 0) is 25.0 Å². The monoisotopic (exact) mass is 236 g/mol. The molecule has 0 spiro atoms. The lowest BCUT2D eigenvalue weighted by Gasteiger charge is -2.11. The molecule has 1 aromatic rings. The summed E-state index contributed by atoms with van der Waals surface area (Å²) in [6, 6.07) is 3.07. The maximum Gasteiger partial charge on any atom is 0.356 e. The number of anilines is 1. The number of hydrogen-bond donors (Lipinski definition) is 2. The zero-order valence-electron chi connectivity index (χ0n) is 9.05. The number of aromatic carboxylic acids is 1. The average Bonchev–Trinajstić information content (AvgIpc) is 2.83. The number of carbonyl (C=O) groups excluding carboxylic acids is 1. The van der Waals surface area contributed by atoms with Gasteiger partial charge in [-0.3, -0.25) is 4.79 Å². The summed E-state index contributed by atoms with van der Waals surface area (Å²) in [5, 5.41) is 11.4. The second kappa shape index (κ2) is 4.92. The van der Waals surface area contributed by atoms with Crippen molar-refractivity contribution < 1.29 is 19.4 Å². The zero-order valence-corrected chi connectivity index (χ0v) is 9.05. The first-order valence-corrected chi connectivity index (χ1v) is 5.29. The highest BCUT2D eigenvalue weighted by Crippen LogP contribution is 2.17. The fourth-order valence-electron chi connectivity index (χ4n) is 1.67. The van der Waals surface area contributed by atoms with Crippen LogP contribution in [0.1, 0.15) is 23.3 Å². The fraction of sp³-hybridized carbons (Fsp3) is 0.364. The van der Waals surface area contributed by atoms with Crippen LogP contribution in [0.15, 0.2) is 18.3 Å². The van der Waals surface area contributed by atoms with Gasteiger partial charge in [0.2, 0.25) is 0 Å². The van der Waals surface area contributed by atoms with Crippen LogP contribution in [-0.4, -0.2) is 34.7 Å². The van der Waals surface area contributed by atoms with Gasteiger partial charge >= 0.3 is 5.97 Å². The molecule has 1 atom stereocenters. The second-order valence-corrected chi connectivity index (χ2v) is 3.70. The highest BCUT2D eigenvalue weighted by molar-refractivity contribution is 6.00. The number of hydrogen-bond acceptors (Lipinski definition) is 4. The van der Waals surface area contributed by atoms with Gasteiger partial charge in [0.25, 0.3) is 5.91 Å². The number of nitrogens with one attached hydrogen (secondary N) is 1. The van der Waals surface area contributed by atoms with E-state index in [1.807, 2.05) is 0 Å². The van der Waals surface area contributed by atoms with Gasteiger partial charge in [0.15, 0.2) is 5.69 Å². The van der Waals surface area contributed by atoms with Crippen molar-refractivity contribution in [2.45, 2.75) is 18.9 Å². The Morgan fingerprint density at radius 2 is 2.35 bits per heavy atom. The van der Waals surface area contributed by atoms with Crippen molar-refractivity contribution in [3.8, 4) is 0 Å². The summed E-state index contributed by atoms with van der Waals surface area (Å²) in [5.41, 5.74) is 0.0272. The first-order valence-electron chi connectivity index (χ1n) is 5.29. The SMILES string of the molecule is O=C(O)c1ncccc1NC(=O)[C@@H]1CCCO1. The summed E-state index contributed by atoms with van der Waals surface area (Å²) in [6.07, 6.45) is 2.38. The van der Waals surface area contributed by atoms with Crippen molar-refractivity contribution in [1.82, 2.24) is 4.98 Å². The van der Waals surface area contributed by atoms with Gasteiger partial charge in [-0.2, -0.15) is 0 Å². The molecule has 1 saturated heterocycles. The largest absolute Gasteiger partial charge is 0.476 e. The minimum atomic E-state index is -1.17. The quantitative estimate of drug-likeness (QED) is 0.813. The van der Waals surface area contributed by atoms with Gasteiger partial charge < -0.3 is 15.2 Å². The van der Waals surface area contributed by atoms with Crippen LogP contribution in [0.25, 0.3) is 0 Å². The molecule has 0 saturated carbocycles. The molecule has 0 radical (unpaired) electrons. The van der Waals surface area contributed by atoms with E-state index in [1.54, 1.807) is 6.07 Å². The predicted molar refractivity (Wildman–Crippen MR) is 58.8 cm³/mol. The number of carbonyl (C=O) groups is 2. The van der Waals surface area contributed by atoms with Crippen molar-refractivity contribution in [2.24, 2.45) is 0 Å². The van der Waals surface area contributed by atoms with Gasteiger partial charge in [0.05, 0.1) is 5.69 Å². The Bertz CT molecular complexity index is 441. The molecule has 2 heterocycles. The number of carboxylic acids is 1. The number of nitrogens with zero attached hydrogens (tertiary/aromatic N) is 1. The molecule has 0 unspecified atom stereocenters. The van der Waals surface area contributed by atoms with Crippen LogP contribution >= 0.6 is 0 Å². The molecule has 17 heavy (non-hydrogen) atoms. The maximum absolute atomic E-state index is 11.7. The van der Waals surface area contributed by atoms with Crippen LogP contribution in [0.4, 0.5) is 5.69 Å². The molecule has 2 N–H and O–H groups in total. The van der Waals surface area contributed by atoms with Crippen LogP contribution in [0.5, 0.6) is 0 Å². The van der Waals surface area contributed by atoms with Crippen molar-refractivity contribution in [1.29, 1.82) is 0 Å². The summed E-state index contributed by atoms with van der Waals surface area (Å²) >= 11 is 0. The number of rotatable bonds is 3. The Balaban J connectivity index is 2.12. The molecule has 1 aliphatic rings. The van der Waals surface area contributed by atoms with Gasteiger partial charge in [-0.25, -0.2) is 9.78 Å². The van der Waals surface area contributed by atoms with Crippen LogP contribution in [-0.2, 0) is 9.53 Å². The summed E-state index contributed by atoms with van der Waals surface area (Å²) in [4.78, 5) is 26.3. The summed E-state index contributed by atoms with van der Waals surface area (Å²) in [5.74, 6) is -1.49. The fourth-order valence-corrected chi connectivity index (χ4v) is 1.67. The number of pyridine rings is 1. The van der Waals surface area contributed by atoms with E-state index in [1.165, 1.54) is 12.3 Å². The highest BCUT2D eigenvalue weighted by atomic mass is 16.5. The minimum absolute atomic E-state index is 0.168. The third kappa shape index (κ3) is 2.59. The molecule has 6 heteroatoms. The van der Waals surface area contributed by atoms with E-state index in [2.05, 4.69) is 10.3 Å². The number of ether oxygens (including phenoxy) is 1. The average molecular weight is 236 g/mol. The molecule has 6 nitrogen and oxygen atoms in total. The number of carboxylic acid groups (broad SMARTS) is 1. The van der Waals surface area contributed by atoms with Crippen LogP contribution < -0.4 is 5.32 Å². The third-order valence-electron chi connectivity index (χ3n) is 2.49. The smallest absolute Gasteiger partial charge is 0.356 e. The van der Waals surface area contributed by atoms with E-state index in [-0.39, 0.29) is 17.3 Å². The molecule has 0 aliphatic carbocycles.